The van der Waals surface area contributed by atoms with Crippen molar-refractivity contribution in [3.05, 3.63) is 0 Å². The summed E-state index contributed by atoms with van der Waals surface area (Å²) in [6, 6.07) is 0. The number of nitrogens with zero attached hydrogens (tertiary/aromatic N) is 3. The molecule has 0 aromatic carbocycles. The average Bonchev–Trinajstić information content (AvgIpc) is 2.61. The quantitative estimate of drug-likeness (QED) is 0.716. The van der Waals surface area contributed by atoms with E-state index in [1.54, 1.807) is 4.90 Å². The van der Waals surface area contributed by atoms with Gasteiger partial charge in [-0.25, -0.2) is 0 Å². The highest BCUT2D eigenvalue weighted by molar-refractivity contribution is 7.86. The first-order chi connectivity index (χ1) is 9.25. The zero-order valence-electron chi connectivity index (χ0n) is 11.8. The molecule has 0 bridgehead atoms. The molecule has 1 aliphatic heterocycles. The Kier molecular flexibility index (Phi) is 5.90. The summed E-state index contributed by atoms with van der Waals surface area (Å²) in [6.07, 6.45) is 0.342. The highest BCUT2D eigenvalue weighted by Crippen LogP contribution is 2.11. The second-order valence-corrected chi connectivity index (χ2v) is 6.77. The van der Waals surface area contributed by atoms with Crippen molar-refractivity contribution in [1.82, 2.24) is 13.5 Å². The van der Waals surface area contributed by atoms with Gasteiger partial charge in [0, 0.05) is 46.7 Å². The summed E-state index contributed by atoms with van der Waals surface area (Å²) < 4.78 is 26.9. The number of hydrogen-bond acceptors (Lipinski definition) is 4. The van der Waals surface area contributed by atoms with Crippen LogP contribution in [-0.2, 0) is 19.8 Å². The van der Waals surface area contributed by atoms with Crippen molar-refractivity contribution in [2.45, 2.75) is 19.8 Å². The smallest absolute Gasteiger partial charge is 0.304 e. The summed E-state index contributed by atoms with van der Waals surface area (Å²) in [7, 11) is -2.30. The third-order valence-corrected chi connectivity index (χ3v) is 5.25. The van der Waals surface area contributed by atoms with Gasteiger partial charge in [0.05, 0.1) is 6.42 Å². The molecule has 1 aliphatic rings. The number of hydrogen-bond donors (Lipinski definition) is 1. The molecule has 20 heavy (non-hydrogen) atoms. The van der Waals surface area contributed by atoms with E-state index in [1.807, 2.05) is 0 Å². The lowest BCUT2D eigenvalue weighted by atomic mass is 10.4. The van der Waals surface area contributed by atoms with Gasteiger partial charge in [-0.2, -0.15) is 17.0 Å². The van der Waals surface area contributed by atoms with Gasteiger partial charge in [0.2, 0.25) is 5.91 Å². The van der Waals surface area contributed by atoms with Crippen molar-refractivity contribution in [2.24, 2.45) is 0 Å². The Hall–Kier alpha value is -1.19. The second-order valence-electron chi connectivity index (χ2n) is 4.73. The maximum atomic E-state index is 12.3. The molecule has 8 nitrogen and oxygen atoms in total. The molecule has 1 rings (SSSR count). The number of carbonyl (C=O) groups is 2. The van der Waals surface area contributed by atoms with E-state index in [0.29, 0.717) is 26.1 Å². The molecule has 1 amide bonds. The SMILES string of the molecule is CC(=O)N1CCCN(S(=O)(=O)N(C)CCC(=O)O)CC1. The lowest BCUT2D eigenvalue weighted by molar-refractivity contribution is -0.137. The molecule has 9 heteroatoms. The largest absolute Gasteiger partial charge is 0.481 e. The molecule has 116 valence electrons. The summed E-state index contributed by atoms with van der Waals surface area (Å²) >= 11 is 0. The molecule has 0 saturated carbocycles. The van der Waals surface area contributed by atoms with E-state index in [2.05, 4.69) is 0 Å². The molecule has 0 unspecified atom stereocenters. The van der Waals surface area contributed by atoms with E-state index in [9.17, 15) is 18.0 Å². The molecule has 0 aromatic rings. The number of aliphatic carboxylic acids is 1. The van der Waals surface area contributed by atoms with Crippen molar-refractivity contribution in [3.8, 4) is 0 Å². The Bertz CT molecular complexity index is 465. The predicted octanol–water partition coefficient (Wildman–Crippen LogP) is -0.808. The minimum Gasteiger partial charge on any atom is -0.481 e. The van der Waals surface area contributed by atoms with Gasteiger partial charge in [-0.3, -0.25) is 9.59 Å². The van der Waals surface area contributed by atoms with Crippen LogP contribution in [0.15, 0.2) is 0 Å². The van der Waals surface area contributed by atoms with E-state index >= 15 is 0 Å². The van der Waals surface area contributed by atoms with Crippen LogP contribution < -0.4 is 0 Å². The van der Waals surface area contributed by atoms with Crippen LogP contribution in [-0.4, -0.2) is 78.7 Å². The Balaban J connectivity index is 2.67. The molecule has 1 saturated heterocycles. The van der Waals surface area contributed by atoms with Crippen LogP contribution in [0.2, 0.25) is 0 Å². The fraction of sp³-hybridized carbons (Fsp3) is 0.818. The molecule has 1 N–H and O–H groups in total. The van der Waals surface area contributed by atoms with E-state index in [0.717, 1.165) is 4.31 Å². The van der Waals surface area contributed by atoms with Gasteiger partial charge in [0.1, 0.15) is 0 Å². The fourth-order valence-corrected chi connectivity index (χ4v) is 3.39. The van der Waals surface area contributed by atoms with E-state index in [-0.39, 0.29) is 25.4 Å². The van der Waals surface area contributed by atoms with Crippen LogP contribution in [0.1, 0.15) is 19.8 Å². The summed E-state index contributed by atoms with van der Waals surface area (Å²) in [4.78, 5) is 23.4. The fourth-order valence-electron chi connectivity index (χ4n) is 2.00. The Labute approximate surface area is 119 Å². The monoisotopic (exact) mass is 307 g/mol. The van der Waals surface area contributed by atoms with Gasteiger partial charge in [0.25, 0.3) is 10.2 Å². The molecular weight excluding hydrogens is 286 g/mol. The second kappa shape index (κ2) is 7.00. The molecule has 1 heterocycles. The maximum Gasteiger partial charge on any atom is 0.304 e. The Morgan fingerprint density at radius 3 is 2.40 bits per heavy atom. The number of carboxylic acid groups (broad SMARTS) is 1. The molecule has 0 radical (unpaired) electrons. The first-order valence-electron chi connectivity index (χ1n) is 6.44. The lowest BCUT2D eigenvalue weighted by Crippen LogP contribution is -2.44. The minimum atomic E-state index is -3.66. The van der Waals surface area contributed by atoms with E-state index in [4.69, 9.17) is 5.11 Å². The summed E-state index contributed by atoms with van der Waals surface area (Å²) in [5.41, 5.74) is 0. The number of amides is 1. The van der Waals surface area contributed by atoms with Crippen LogP contribution in [0.5, 0.6) is 0 Å². The van der Waals surface area contributed by atoms with Crippen molar-refractivity contribution in [1.29, 1.82) is 0 Å². The highest BCUT2D eigenvalue weighted by atomic mass is 32.2. The molecule has 0 aliphatic carbocycles. The highest BCUT2D eigenvalue weighted by Gasteiger charge is 2.29. The van der Waals surface area contributed by atoms with Crippen LogP contribution in [0.3, 0.4) is 0 Å². The number of carbonyl (C=O) groups excluding carboxylic acids is 1. The zero-order chi connectivity index (χ0) is 15.3. The van der Waals surface area contributed by atoms with Crippen LogP contribution in [0.4, 0.5) is 0 Å². The lowest BCUT2D eigenvalue weighted by Gasteiger charge is -2.26. The Morgan fingerprint density at radius 1 is 1.20 bits per heavy atom. The standard InChI is InChI=1S/C11H21N3O5S/c1-10(15)13-5-3-6-14(9-8-13)20(18,19)12(2)7-4-11(16)17/h3-9H2,1-2H3,(H,16,17). The summed E-state index contributed by atoms with van der Waals surface area (Å²) in [5, 5.41) is 8.60. The number of carboxylic acids is 1. The van der Waals surface area contributed by atoms with Crippen molar-refractivity contribution in [2.75, 3.05) is 39.8 Å². The van der Waals surface area contributed by atoms with Gasteiger partial charge in [-0.05, 0) is 6.42 Å². The third-order valence-electron chi connectivity index (χ3n) is 3.26. The van der Waals surface area contributed by atoms with Crippen LogP contribution >= 0.6 is 0 Å². The number of rotatable bonds is 5. The van der Waals surface area contributed by atoms with Gasteiger partial charge in [-0.1, -0.05) is 0 Å². The predicted molar refractivity (Wildman–Crippen MR) is 72.2 cm³/mol. The Morgan fingerprint density at radius 2 is 1.85 bits per heavy atom. The maximum absolute atomic E-state index is 12.3. The van der Waals surface area contributed by atoms with Crippen LogP contribution in [0.25, 0.3) is 0 Å². The first-order valence-corrected chi connectivity index (χ1v) is 7.83. The summed E-state index contributed by atoms with van der Waals surface area (Å²) in [6.45, 7) is 2.87. The molecule has 0 aromatic heterocycles. The molecule has 0 spiro atoms. The van der Waals surface area contributed by atoms with Gasteiger partial charge in [-0.15, -0.1) is 0 Å². The van der Waals surface area contributed by atoms with Gasteiger partial charge >= 0.3 is 5.97 Å². The third kappa shape index (κ3) is 4.43. The van der Waals surface area contributed by atoms with Crippen molar-refractivity contribution >= 4 is 22.1 Å². The van der Waals surface area contributed by atoms with Crippen LogP contribution in [0, 0.1) is 0 Å². The molecular formula is C11H21N3O5S. The normalized spacial score (nSPS) is 18.1. The van der Waals surface area contributed by atoms with E-state index < -0.39 is 16.2 Å². The van der Waals surface area contributed by atoms with Gasteiger partial charge < -0.3 is 10.0 Å². The molecule has 0 atom stereocenters. The summed E-state index contributed by atoms with van der Waals surface area (Å²) in [5.74, 6) is -1.10. The average molecular weight is 307 g/mol. The topological polar surface area (TPSA) is 98.2 Å². The van der Waals surface area contributed by atoms with Crippen molar-refractivity contribution < 1.29 is 23.1 Å². The first kappa shape index (κ1) is 16.9. The molecule has 1 fully saturated rings. The van der Waals surface area contributed by atoms with E-state index in [1.165, 1.54) is 18.3 Å². The zero-order valence-corrected chi connectivity index (χ0v) is 12.6. The van der Waals surface area contributed by atoms with Crippen molar-refractivity contribution in [3.63, 3.8) is 0 Å². The van der Waals surface area contributed by atoms with Gasteiger partial charge in [0.15, 0.2) is 0 Å². The minimum absolute atomic E-state index is 0.0649.